The normalized spacial score (nSPS) is 27.3. The van der Waals surface area contributed by atoms with E-state index < -0.39 is 18.4 Å². The van der Waals surface area contributed by atoms with E-state index in [1.54, 1.807) is 10.9 Å². The summed E-state index contributed by atoms with van der Waals surface area (Å²) in [6, 6.07) is 0. The highest BCUT2D eigenvalue weighted by Gasteiger charge is 2.35. The number of hydrogen-bond donors (Lipinski definition) is 2. The van der Waals surface area contributed by atoms with Crippen molar-refractivity contribution in [1.82, 2.24) is 19.5 Å². The zero-order chi connectivity index (χ0) is 13.6. The Labute approximate surface area is 125 Å². The minimum absolute atomic E-state index is 0.215. The molecule has 0 amide bonds. The molecule has 0 spiro atoms. The lowest BCUT2D eigenvalue weighted by Gasteiger charge is -2.18. The van der Waals surface area contributed by atoms with Crippen LogP contribution in [-0.2, 0) is 4.74 Å². The molecule has 3 rings (SSSR count). The first-order valence-electron chi connectivity index (χ1n) is 5.60. The summed E-state index contributed by atoms with van der Waals surface area (Å²) in [5.74, 6) is 0.521. The van der Waals surface area contributed by atoms with Gasteiger partial charge in [0, 0.05) is 6.42 Å². The van der Waals surface area contributed by atoms with E-state index in [0.717, 1.165) is 0 Å². The summed E-state index contributed by atoms with van der Waals surface area (Å²) in [6.07, 6.45) is 0.302. The van der Waals surface area contributed by atoms with Crippen LogP contribution in [0, 0.1) is 0 Å². The van der Waals surface area contributed by atoms with E-state index >= 15 is 0 Å². The number of aromatic nitrogens is 4. The Morgan fingerprint density at radius 2 is 2.21 bits per heavy atom. The van der Waals surface area contributed by atoms with Crippen molar-refractivity contribution in [2.24, 2.45) is 0 Å². The molecule has 3 aliphatic rings. The van der Waals surface area contributed by atoms with Crippen molar-refractivity contribution in [3.63, 3.8) is 0 Å². The average molecular weight is 394 g/mol. The van der Waals surface area contributed by atoms with E-state index in [4.69, 9.17) is 9.84 Å². The van der Waals surface area contributed by atoms with Gasteiger partial charge in [0.05, 0.1) is 12.7 Å². The SMILES string of the molecule is OC[C@H]1OC(n2cnc3nc(Br)nc-3c2Br)C[C@@H]1O. The first-order chi connectivity index (χ1) is 9.10. The summed E-state index contributed by atoms with van der Waals surface area (Å²) in [5, 5.41) is 18.9. The number of hydrogen-bond acceptors (Lipinski definition) is 6. The number of imidazole rings is 1. The molecule has 0 radical (unpaired) electrons. The largest absolute Gasteiger partial charge is 0.394 e. The number of rotatable bonds is 2. The second kappa shape index (κ2) is 5.06. The number of aliphatic hydroxyl groups is 2. The molecule has 1 fully saturated rings. The van der Waals surface area contributed by atoms with Crippen LogP contribution in [-0.4, -0.2) is 48.5 Å². The summed E-state index contributed by atoms with van der Waals surface area (Å²) < 4.78 is 8.44. The molecule has 0 saturated carbocycles. The summed E-state index contributed by atoms with van der Waals surface area (Å²) in [7, 11) is 0. The summed E-state index contributed by atoms with van der Waals surface area (Å²) in [5.41, 5.74) is 0.611. The van der Waals surface area contributed by atoms with Gasteiger partial charge in [0.2, 0.25) is 0 Å². The van der Waals surface area contributed by atoms with Crippen molar-refractivity contribution in [2.75, 3.05) is 6.61 Å². The first-order valence-corrected chi connectivity index (χ1v) is 7.18. The van der Waals surface area contributed by atoms with Crippen molar-refractivity contribution in [2.45, 2.75) is 24.9 Å². The highest BCUT2D eigenvalue weighted by atomic mass is 79.9. The standard InChI is InChI=1S/C10H10Br2N4O3/c11-8-7-9(15-10(12)14-7)13-3-16(8)6-1-4(18)5(2-17)19-6/h3-6,17-18H,1-2H2/t4-,5+,6?/m0/s1. The second-order valence-electron chi connectivity index (χ2n) is 4.22. The quantitative estimate of drug-likeness (QED) is 0.582. The third kappa shape index (κ3) is 2.29. The van der Waals surface area contributed by atoms with Gasteiger partial charge in [0.15, 0.2) is 10.6 Å². The molecule has 1 saturated heterocycles. The van der Waals surface area contributed by atoms with Crippen LogP contribution in [0.5, 0.6) is 0 Å². The van der Waals surface area contributed by atoms with Gasteiger partial charge in [-0.2, -0.15) is 0 Å². The number of aliphatic hydroxyl groups excluding tert-OH is 2. The Balaban J connectivity index is 1.98. The monoisotopic (exact) mass is 392 g/mol. The van der Waals surface area contributed by atoms with Crippen molar-refractivity contribution in [1.29, 1.82) is 0 Å². The Morgan fingerprint density at radius 1 is 1.42 bits per heavy atom. The molecule has 0 aromatic carbocycles. The van der Waals surface area contributed by atoms with Crippen LogP contribution in [0.1, 0.15) is 12.6 Å². The number of halogens is 2. The minimum Gasteiger partial charge on any atom is -0.394 e. The van der Waals surface area contributed by atoms with Crippen LogP contribution in [0.3, 0.4) is 0 Å². The Kier molecular flexibility index (Phi) is 3.56. The van der Waals surface area contributed by atoms with Gasteiger partial charge in [-0.15, -0.1) is 0 Å². The first kappa shape index (κ1) is 13.4. The van der Waals surface area contributed by atoms with Gasteiger partial charge >= 0.3 is 0 Å². The van der Waals surface area contributed by atoms with Gasteiger partial charge in [0.1, 0.15) is 29.0 Å². The van der Waals surface area contributed by atoms with Crippen LogP contribution in [0.15, 0.2) is 15.7 Å². The Morgan fingerprint density at radius 3 is 2.89 bits per heavy atom. The molecule has 0 aromatic heterocycles. The van der Waals surface area contributed by atoms with Gasteiger partial charge in [-0.1, -0.05) is 0 Å². The number of nitrogens with zero attached hydrogens (tertiary/aromatic N) is 4. The Hall–Kier alpha value is -0.610. The fourth-order valence-corrected chi connectivity index (χ4v) is 3.01. The predicted molar refractivity (Wildman–Crippen MR) is 71.5 cm³/mol. The number of fused-ring (bicyclic) bond motifs is 1. The Bertz CT molecular complexity index is 578. The molecule has 7 nitrogen and oxygen atoms in total. The second-order valence-corrected chi connectivity index (χ2v) is 5.68. The van der Waals surface area contributed by atoms with E-state index in [1.165, 1.54) is 0 Å². The lowest BCUT2D eigenvalue weighted by atomic mass is 10.2. The molecular formula is C10H10Br2N4O3. The van der Waals surface area contributed by atoms with Crippen molar-refractivity contribution >= 4 is 31.9 Å². The molecule has 3 heterocycles. The highest BCUT2D eigenvalue weighted by molar-refractivity contribution is 9.10. The van der Waals surface area contributed by atoms with Crippen LogP contribution in [0.2, 0.25) is 0 Å². The fraction of sp³-hybridized carbons (Fsp3) is 0.500. The summed E-state index contributed by atoms with van der Waals surface area (Å²) in [6.45, 7) is -0.215. The van der Waals surface area contributed by atoms with Gasteiger partial charge in [-0.25, -0.2) is 15.0 Å². The molecule has 102 valence electrons. The van der Waals surface area contributed by atoms with Gasteiger partial charge in [-0.05, 0) is 31.9 Å². The van der Waals surface area contributed by atoms with Gasteiger partial charge < -0.3 is 14.9 Å². The summed E-state index contributed by atoms with van der Waals surface area (Å²) >= 11 is 6.64. The van der Waals surface area contributed by atoms with E-state index in [9.17, 15) is 5.11 Å². The maximum atomic E-state index is 9.76. The van der Waals surface area contributed by atoms with Crippen LogP contribution >= 0.6 is 31.9 Å². The molecule has 0 aromatic rings. The topological polar surface area (TPSA) is 93.3 Å². The predicted octanol–water partition coefficient (Wildman–Crippen LogP) is 0.944. The third-order valence-electron chi connectivity index (χ3n) is 3.03. The fourth-order valence-electron chi connectivity index (χ4n) is 2.08. The maximum absolute atomic E-state index is 9.76. The molecule has 2 N–H and O–H groups in total. The van der Waals surface area contributed by atoms with Crippen molar-refractivity contribution in [3.8, 4) is 11.5 Å². The average Bonchev–Trinajstić information content (AvgIpc) is 2.92. The molecular weight excluding hydrogens is 384 g/mol. The zero-order valence-corrected chi connectivity index (χ0v) is 12.7. The zero-order valence-electron chi connectivity index (χ0n) is 9.57. The molecule has 3 aliphatic heterocycles. The smallest absolute Gasteiger partial charge is 0.199 e. The third-order valence-corrected chi connectivity index (χ3v) is 4.17. The molecule has 19 heavy (non-hydrogen) atoms. The lowest BCUT2D eigenvalue weighted by molar-refractivity contribution is -0.0455. The van der Waals surface area contributed by atoms with Crippen LogP contribution < -0.4 is 0 Å². The maximum Gasteiger partial charge on any atom is 0.199 e. The van der Waals surface area contributed by atoms with E-state index in [1.807, 2.05) is 0 Å². The molecule has 1 unspecified atom stereocenters. The minimum atomic E-state index is -0.692. The molecule has 0 bridgehead atoms. The van der Waals surface area contributed by atoms with Crippen LogP contribution in [0.25, 0.3) is 11.5 Å². The summed E-state index contributed by atoms with van der Waals surface area (Å²) in [4.78, 5) is 12.5. The van der Waals surface area contributed by atoms with Crippen LogP contribution in [0.4, 0.5) is 0 Å². The van der Waals surface area contributed by atoms with Crippen molar-refractivity contribution < 1.29 is 14.9 Å². The molecule has 0 aliphatic carbocycles. The molecule has 9 heteroatoms. The highest BCUT2D eigenvalue weighted by Crippen LogP contribution is 2.34. The van der Waals surface area contributed by atoms with Gasteiger partial charge in [-0.3, -0.25) is 4.57 Å². The number of ether oxygens (including phenoxy) is 1. The van der Waals surface area contributed by atoms with Crippen molar-refractivity contribution in [3.05, 3.63) is 15.7 Å². The van der Waals surface area contributed by atoms with E-state index in [2.05, 4.69) is 46.8 Å². The molecule has 3 atom stereocenters. The lowest BCUT2D eigenvalue weighted by Crippen LogP contribution is -2.24. The van der Waals surface area contributed by atoms with Gasteiger partial charge in [0.25, 0.3) is 0 Å². The van der Waals surface area contributed by atoms with E-state index in [-0.39, 0.29) is 6.61 Å². The van der Waals surface area contributed by atoms with E-state index in [0.29, 0.717) is 27.3 Å².